The Balaban J connectivity index is 2.55. The quantitative estimate of drug-likeness (QED) is 0.280. The Labute approximate surface area is 149 Å². The first-order chi connectivity index (χ1) is 11.8. The summed E-state index contributed by atoms with van der Waals surface area (Å²) in [5, 5.41) is 11.0. The summed E-state index contributed by atoms with van der Waals surface area (Å²) in [4.78, 5) is 9.03. The van der Waals surface area contributed by atoms with E-state index in [0.29, 0.717) is 0 Å². The molecule has 0 aromatic heterocycles. The molecule has 10 nitrogen and oxygen atoms in total. The van der Waals surface area contributed by atoms with Crippen LogP contribution in [0.2, 0.25) is 0 Å². The van der Waals surface area contributed by atoms with Gasteiger partial charge in [-0.05, 0) is 23.3 Å². The number of hydrogen-bond donors (Lipinski definition) is 3. The second-order valence-corrected chi connectivity index (χ2v) is 8.29. The highest BCUT2D eigenvalue weighted by atomic mass is 32.2. The third-order valence-electron chi connectivity index (χ3n) is 3.61. The molecule has 2 rings (SSSR count). The highest BCUT2D eigenvalue weighted by Gasteiger charge is 2.42. The fraction of sp³-hybridized carbons (Fsp3) is 0.143. The molecule has 0 heterocycles. The molecule has 26 heavy (non-hydrogen) atoms. The van der Waals surface area contributed by atoms with E-state index in [0.717, 1.165) is 24.3 Å². The minimum Gasteiger partial charge on any atom is -0.282 e. The molecular formula is C14H14N2O8S2. The van der Waals surface area contributed by atoms with E-state index in [1.807, 2.05) is 0 Å². The molecule has 12 heteroatoms. The molecule has 0 spiro atoms. The van der Waals surface area contributed by atoms with E-state index in [1.54, 1.807) is 0 Å². The molecule has 0 saturated heterocycles. The van der Waals surface area contributed by atoms with Crippen LogP contribution in [-0.2, 0) is 20.2 Å². The molecule has 0 radical (unpaired) electrons. The van der Waals surface area contributed by atoms with E-state index < -0.39 is 47.0 Å². The number of rotatable bonds is 5. The van der Waals surface area contributed by atoms with E-state index in [9.17, 15) is 36.1 Å². The normalized spacial score (nSPS) is 21.3. The molecule has 0 bridgehead atoms. The van der Waals surface area contributed by atoms with Crippen LogP contribution in [0, 0.1) is 10.1 Å². The van der Waals surface area contributed by atoms with Crippen molar-refractivity contribution in [3.05, 3.63) is 68.6 Å². The van der Waals surface area contributed by atoms with Crippen LogP contribution in [-0.4, -0.2) is 36.5 Å². The van der Waals surface area contributed by atoms with Gasteiger partial charge in [0.05, 0.1) is 11.3 Å². The lowest BCUT2D eigenvalue weighted by molar-refractivity contribution is -0.553. The molecule has 0 saturated carbocycles. The molecule has 1 aromatic carbocycles. The topological polar surface area (TPSA) is 178 Å². The summed E-state index contributed by atoms with van der Waals surface area (Å²) in [5.74, 6) is 0. The number of benzene rings is 1. The smallest absolute Gasteiger partial charge is 0.282 e. The van der Waals surface area contributed by atoms with Crippen LogP contribution in [0.25, 0.3) is 6.08 Å². The molecule has 1 aromatic rings. The standard InChI is InChI=1S/C14H14N2O8S2/c15-14(16(17)18)8-7-11(13(9-14)26(22,23)24)6-5-10-3-1-2-4-12(10)25(19,20)21/h1-8H,9,15H2,(H,19,20,21)(H,22,23,24). The van der Waals surface area contributed by atoms with Crippen molar-refractivity contribution >= 4 is 26.3 Å². The van der Waals surface area contributed by atoms with Gasteiger partial charge in [0.2, 0.25) is 0 Å². The number of nitrogens with two attached hydrogens (primary N) is 1. The maximum absolute atomic E-state index is 11.6. The summed E-state index contributed by atoms with van der Waals surface area (Å²) in [7, 11) is -9.32. The van der Waals surface area contributed by atoms with E-state index in [4.69, 9.17) is 5.73 Å². The van der Waals surface area contributed by atoms with Crippen molar-refractivity contribution in [2.75, 3.05) is 0 Å². The monoisotopic (exact) mass is 402 g/mol. The zero-order valence-corrected chi connectivity index (χ0v) is 14.6. The second kappa shape index (κ2) is 6.74. The first-order valence-electron chi connectivity index (χ1n) is 6.92. The van der Waals surface area contributed by atoms with Crippen molar-refractivity contribution in [3.8, 4) is 0 Å². The Morgan fingerprint density at radius 3 is 2.27 bits per heavy atom. The van der Waals surface area contributed by atoms with Gasteiger partial charge in [-0.3, -0.25) is 25.0 Å². The molecule has 1 aliphatic carbocycles. The van der Waals surface area contributed by atoms with Gasteiger partial charge in [-0.25, -0.2) is 0 Å². The SMILES string of the molecule is NC1([N+](=O)[O-])C=CC(C=Cc2ccccc2S(=O)(=O)O)=C(S(=O)(=O)O)C1. The lowest BCUT2D eigenvalue weighted by Crippen LogP contribution is -2.47. The summed E-state index contributed by atoms with van der Waals surface area (Å²) < 4.78 is 64.4. The minimum absolute atomic E-state index is 0.0458. The van der Waals surface area contributed by atoms with Crippen molar-refractivity contribution in [1.29, 1.82) is 0 Å². The van der Waals surface area contributed by atoms with Gasteiger partial charge in [0.15, 0.2) is 0 Å². The van der Waals surface area contributed by atoms with Crippen LogP contribution >= 0.6 is 0 Å². The summed E-state index contributed by atoms with van der Waals surface area (Å²) in [6.45, 7) is 0. The number of nitro groups is 1. The highest BCUT2D eigenvalue weighted by molar-refractivity contribution is 7.89. The molecule has 4 N–H and O–H groups in total. The van der Waals surface area contributed by atoms with E-state index >= 15 is 0 Å². The largest absolute Gasteiger partial charge is 0.296 e. The Morgan fingerprint density at radius 1 is 1.12 bits per heavy atom. The summed E-state index contributed by atoms with van der Waals surface area (Å²) in [6, 6.07) is 5.36. The molecule has 0 amide bonds. The van der Waals surface area contributed by atoms with Gasteiger partial charge in [0.1, 0.15) is 4.90 Å². The van der Waals surface area contributed by atoms with Gasteiger partial charge in [-0.2, -0.15) is 16.8 Å². The van der Waals surface area contributed by atoms with Gasteiger partial charge in [0, 0.05) is 11.0 Å². The predicted molar refractivity (Wildman–Crippen MR) is 91.5 cm³/mol. The maximum Gasteiger partial charge on any atom is 0.296 e. The number of nitrogens with zero attached hydrogens (tertiary/aromatic N) is 1. The third-order valence-corrected chi connectivity index (χ3v) is 5.54. The van der Waals surface area contributed by atoms with Gasteiger partial charge in [0.25, 0.3) is 25.9 Å². The molecule has 0 fully saturated rings. The lowest BCUT2D eigenvalue weighted by Gasteiger charge is -2.22. The van der Waals surface area contributed by atoms with Crippen LogP contribution in [0.3, 0.4) is 0 Å². The predicted octanol–water partition coefficient (Wildman–Crippen LogP) is 0.980. The molecular weight excluding hydrogens is 388 g/mol. The van der Waals surface area contributed by atoms with E-state index in [-0.39, 0.29) is 11.1 Å². The molecule has 0 aliphatic heterocycles. The van der Waals surface area contributed by atoms with Gasteiger partial charge >= 0.3 is 0 Å². The van der Waals surface area contributed by atoms with Crippen LogP contribution in [0.4, 0.5) is 0 Å². The van der Waals surface area contributed by atoms with Crippen molar-refractivity contribution in [2.24, 2.45) is 5.73 Å². The van der Waals surface area contributed by atoms with Crippen molar-refractivity contribution in [1.82, 2.24) is 0 Å². The zero-order chi connectivity index (χ0) is 19.8. The van der Waals surface area contributed by atoms with Gasteiger partial charge in [-0.1, -0.05) is 30.4 Å². The fourth-order valence-electron chi connectivity index (χ4n) is 2.29. The van der Waals surface area contributed by atoms with E-state index in [2.05, 4.69) is 0 Å². The Kier molecular flexibility index (Phi) is 5.17. The molecule has 1 aliphatic rings. The third kappa shape index (κ3) is 4.23. The summed E-state index contributed by atoms with van der Waals surface area (Å²) in [6.07, 6.45) is 3.56. The minimum atomic E-state index is -4.80. The maximum atomic E-state index is 11.6. The molecule has 1 unspecified atom stereocenters. The number of allylic oxidation sites excluding steroid dienone is 3. The van der Waals surface area contributed by atoms with Crippen LogP contribution in [0.15, 0.2) is 57.9 Å². The van der Waals surface area contributed by atoms with Crippen molar-refractivity contribution < 1.29 is 30.9 Å². The van der Waals surface area contributed by atoms with Crippen LogP contribution in [0.1, 0.15) is 12.0 Å². The number of hydrogen-bond acceptors (Lipinski definition) is 7. The summed E-state index contributed by atoms with van der Waals surface area (Å²) in [5.41, 5.74) is 3.24. The summed E-state index contributed by atoms with van der Waals surface area (Å²) >= 11 is 0. The second-order valence-electron chi connectivity index (χ2n) is 5.46. The van der Waals surface area contributed by atoms with Gasteiger partial charge in [-0.15, -0.1) is 0 Å². The first kappa shape index (κ1) is 19.9. The Morgan fingerprint density at radius 2 is 1.73 bits per heavy atom. The van der Waals surface area contributed by atoms with Crippen LogP contribution < -0.4 is 5.73 Å². The average molecular weight is 402 g/mol. The fourth-order valence-corrected chi connectivity index (χ4v) is 3.82. The molecule has 1 atom stereocenters. The lowest BCUT2D eigenvalue weighted by atomic mass is 9.97. The first-order valence-corrected chi connectivity index (χ1v) is 9.80. The van der Waals surface area contributed by atoms with Crippen LogP contribution in [0.5, 0.6) is 0 Å². The van der Waals surface area contributed by atoms with Crippen molar-refractivity contribution in [3.63, 3.8) is 0 Å². The Hall–Kier alpha value is -2.38. The zero-order valence-electron chi connectivity index (χ0n) is 13.0. The molecule has 140 valence electrons. The Bertz CT molecular complexity index is 1050. The van der Waals surface area contributed by atoms with E-state index in [1.165, 1.54) is 24.3 Å². The van der Waals surface area contributed by atoms with Crippen molar-refractivity contribution in [2.45, 2.75) is 17.0 Å². The average Bonchev–Trinajstić information content (AvgIpc) is 2.52. The highest BCUT2D eigenvalue weighted by Crippen LogP contribution is 2.30. The van der Waals surface area contributed by atoms with Gasteiger partial charge < -0.3 is 0 Å².